The smallest absolute Gasteiger partial charge is 0.253 e. The van der Waals surface area contributed by atoms with Gasteiger partial charge in [-0.3, -0.25) is 4.79 Å². The number of nitrogens with one attached hydrogen (secondary N) is 2. The molecule has 0 fully saturated rings. The fourth-order valence-corrected chi connectivity index (χ4v) is 2.68. The second-order valence-corrected chi connectivity index (χ2v) is 6.90. The van der Waals surface area contributed by atoms with Crippen LogP contribution in [0.4, 0.5) is 0 Å². The van der Waals surface area contributed by atoms with Crippen LogP contribution in [-0.2, 0) is 6.54 Å². The van der Waals surface area contributed by atoms with Gasteiger partial charge in [0.15, 0.2) is 5.96 Å². The zero-order valence-electron chi connectivity index (χ0n) is 18.3. The van der Waals surface area contributed by atoms with Crippen LogP contribution in [-0.4, -0.2) is 57.7 Å². The number of hydrogen-bond acceptors (Lipinski definition) is 4. The highest BCUT2D eigenvalue weighted by molar-refractivity contribution is 5.93. The number of benzene rings is 2. The Morgan fingerprint density at radius 2 is 1.80 bits per heavy atom. The van der Waals surface area contributed by atoms with E-state index in [1.165, 1.54) is 0 Å². The number of methoxy groups -OCH3 is 1. The third-order valence-corrected chi connectivity index (χ3v) is 4.29. The zero-order chi connectivity index (χ0) is 21.8. The van der Waals surface area contributed by atoms with Gasteiger partial charge in [-0.25, -0.2) is 4.99 Å². The molecule has 0 atom stereocenters. The standard InChI is InChI=1S/C23H32N4O3/c1-5-24-23(25-14-7-15-30-21-9-6-8-20(16-21)29-4)26-17-18-10-12-19(13-11-18)22(28)27(2)3/h6,8-13,16H,5,7,14-15,17H2,1-4H3,(H2,24,25,26). The third-order valence-electron chi connectivity index (χ3n) is 4.29. The molecule has 0 aliphatic carbocycles. The van der Waals surface area contributed by atoms with Crippen LogP contribution in [0, 0.1) is 0 Å². The van der Waals surface area contributed by atoms with Gasteiger partial charge in [-0.2, -0.15) is 0 Å². The molecule has 7 nitrogen and oxygen atoms in total. The molecule has 0 saturated heterocycles. The lowest BCUT2D eigenvalue weighted by atomic mass is 10.1. The van der Waals surface area contributed by atoms with Crippen LogP contribution in [0.1, 0.15) is 29.3 Å². The average Bonchev–Trinajstić information content (AvgIpc) is 2.77. The quantitative estimate of drug-likeness (QED) is 0.357. The van der Waals surface area contributed by atoms with Crippen LogP contribution in [0.5, 0.6) is 11.5 Å². The highest BCUT2D eigenvalue weighted by Crippen LogP contribution is 2.18. The van der Waals surface area contributed by atoms with Crippen molar-refractivity contribution in [1.82, 2.24) is 15.5 Å². The molecule has 0 spiro atoms. The highest BCUT2D eigenvalue weighted by Gasteiger charge is 2.07. The third kappa shape index (κ3) is 7.66. The minimum Gasteiger partial charge on any atom is -0.497 e. The summed E-state index contributed by atoms with van der Waals surface area (Å²) in [5.41, 5.74) is 1.72. The number of ether oxygens (including phenoxy) is 2. The van der Waals surface area contributed by atoms with E-state index in [4.69, 9.17) is 9.47 Å². The van der Waals surface area contributed by atoms with E-state index in [1.807, 2.05) is 55.5 Å². The first kappa shape index (κ1) is 23.1. The summed E-state index contributed by atoms with van der Waals surface area (Å²) in [6, 6.07) is 15.1. The molecule has 0 aromatic heterocycles. The van der Waals surface area contributed by atoms with E-state index in [2.05, 4.69) is 15.6 Å². The van der Waals surface area contributed by atoms with Crippen molar-refractivity contribution in [1.29, 1.82) is 0 Å². The molecule has 2 rings (SSSR count). The average molecular weight is 413 g/mol. The van der Waals surface area contributed by atoms with E-state index in [1.54, 1.807) is 26.1 Å². The van der Waals surface area contributed by atoms with Gasteiger partial charge in [0.2, 0.25) is 0 Å². The molecular formula is C23H32N4O3. The number of carbonyl (C=O) groups is 1. The van der Waals surface area contributed by atoms with Crippen molar-refractivity contribution < 1.29 is 14.3 Å². The molecule has 7 heteroatoms. The SMILES string of the molecule is CCNC(=NCc1ccc(C(=O)N(C)C)cc1)NCCCOc1cccc(OC)c1. The molecule has 0 aliphatic heterocycles. The molecule has 2 aromatic carbocycles. The van der Waals surface area contributed by atoms with Gasteiger partial charge in [-0.05, 0) is 43.2 Å². The van der Waals surface area contributed by atoms with Crippen molar-refractivity contribution in [3.63, 3.8) is 0 Å². The maximum Gasteiger partial charge on any atom is 0.253 e. The van der Waals surface area contributed by atoms with Crippen LogP contribution in [0.25, 0.3) is 0 Å². The van der Waals surface area contributed by atoms with Crippen molar-refractivity contribution in [2.45, 2.75) is 19.9 Å². The summed E-state index contributed by atoms with van der Waals surface area (Å²) in [6.07, 6.45) is 0.836. The van der Waals surface area contributed by atoms with Gasteiger partial charge in [0.25, 0.3) is 5.91 Å². The van der Waals surface area contributed by atoms with Gasteiger partial charge in [-0.15, -0.1) is 0 Å². The first-order chi connectivity index (χ1) is 14.5. The van der Waals surface area contributed by atoms with Crippen molar-refractivity contribution >= 4 is 11.9 Å². The Bertz CT molecular complexity index is 819. The maximum absolute atomic E-state index is 12.0. The molecule has 1 amide bonds. The number of guanidine groups is 1. The molecule has 0 aliphatic rings. The van der Waals surface area contributed by atoms with Gasteiger partial charge < -0.3 is 25.0 Å². The number of rotatable bonds is 10. The highest BCUT2D eigenvalue weighted by atomic mass is 16.5. The Morgan fingerprint density at radius 1 is 1.07 bits per heavy atom. The second kappa shape index (κ2) is 12.4. The lowest BCUT2D eigenvalue weighted by Crippen LogP contribution is -2.38. The Balaban J connectivity index is 1.79. The van der Waals surface area contributed by atoms with E-state index in [0.717, 1.165) is 42.5 Å². The van der Waals surface area contributed by atoms with Gasteiger partial charge in [-0.1, -0.05) is 18.2 Å². The Morgan fingerprint density at radius 3 is 2.47 bits per heavy atom. The normalized spacial score (nSPS) is 11.0. The zero-order valence-corrected chi connectivity index (χ0v) is 18.3. The Kier molecular flexibility index (Phi) is 9.51. The summed E-state index contributed by atoms with van der Waals surface area (Å²) in [5, 5.41) is 6.56. The van der Waals surface area contributed by atoms with E-state index < -0.39 is 0 Å². The van der Waals surface area contributed by atoms with Crippen LogP contribution in [0.2, 0.25) is 0 Å². The first-order valence-electron chi connectivity index (χ1n) is 10.1. The van der Waals surface area contributed by atoms with E-state index in [-0.39, 0.29) is 5.91 Å². The molecule has 0 saturated carbocycles. The number of aliphatic imine (C=N–C) groups is 1. The Hall–Kier alpha value is -3.22. The summed E-state index contributed by atoms with van der Waals surface area (Å²) in [6.45, 7) is 4.69. The number of hydrogen-bond donors (Lipinski definition) is 2. The second-order valence-electron chi connectivity index (χ2n) is 6.90. The van der Waals surface area contributed by atoms with Crippen molar-refractivity contribution in [2.24, 2.45) is 4.99 Å². The monoisotopic (exact) mass is 412 g/mol. The lowest BCUT2D eigenvalue weighted by molar-refractivity contribution is 0.0827. The van der Waals surface area contributed by atoms with Crippen molar-refractivity contribution in [3.8, 4) is 11.5 Å². The van der Waals surface area contributed by atoms with Crippen LogP contribution in [0.15, 0.2) is 53.5 Å². The molecule has 0 unspecified atom stereocenters. The first-order valence-corrected chi connectivity index (χ1v) is 10.1. The van der Waals surface area contributed by atoms with Crippen LogP contribution >= 0.6 is 0 Å². The van der Waals surface area contributed by atoms with Crippen molar-refractivity contribution in [3.05, 3.63) is 59.7 Å². The maximum atomic E-state index is 12.0. The summed E-state index contributed by atoms with van der Waals surface area (Å²) < 4.78 is 11.0. The minimum atomic E-state index is -0.00350. The molecular weight excluding hydrogens is 380 g/mol. The largest absolute Gasteiger partial charge is 0.497 e. The van der Waals surface area contributed by atoms with Crippen LogP contribution in [0.3, 0.4) is 0 Å². The van der Waals surface area contributed by atoms with Crippen molar-refractivity contribution in [2.75, 3.05) is 40.9 Å². The molecule has 0 heterocycles. The minimum absolute atomic E-state index is 0.00350. The molecule has 30 heavy (non-hydrogen) atoms. The molecule has 2 N–H and O–H groups in total. The predicted octanol–water partition coefficient (Wildman–Crippen LogP) is 2.92. The molecule has 2 aromatic rings. The lowest BCUT2D eigenvalue weighted by Gasteiger charge is -2.12. The summed E-state index contributed by atoms with van der Waals surface area (Å²) in [5.74, 6) is 2.33. The van der Waals surface area contributed by atoms with E-state index in [0.29, 0.717) is 18.7 Å². The number of carbonyl (C=O) groups excluding carboxylic acids is 1. The summed E-state index contributed by atoms with van der Waals surface area (Å²) in [4.78, 5) is 18.1. The van der Waals surface area contributed by atoms with Gasteiger partial charge in [0.05, 0.1) is 20.3 Å². The fourth-order valence-electron chi connectivity index (χ4n) is 2.68. The summed E-state index contributed by atoms with van der Waals surface area (Å²) >= 11 is 0. The van der Waals surface area contributed by atoms with Gasteiger partial charge in [0.1, 0.15) is 11.5 Å². The predicted molar refractivity (Wildman–Crippen MR) is 120 cm³/mol. The van der Waals surface area contributed by atoms with E-state index in [9.17, 15) is 4.79 Å². The number of nitrogens with zero attached hydrogens (tertiary/aromatic N) is 2. The molecule has 0 bridgehead atoms. The Labute approximate surface area is 179 Å². The van der Waals surface area contributed by atoms with E-state index >= 15 is 0 Å². The fraction of sp³-hybridized carbons (Fsp3) is 0.391. The summed E-state index contributed by atoms with van der Waals surface area (Å²) in [7, 11) is 5.13. The molecule has 162 valence electrons. The van der Waals surface area contributed by atoms with Crippen LogP contribution < -0.4 is 20.1 Å². The topological polar surface area (TPSA) is 75.2 Å². The molecule has 0 radical (unpaired) electrons. The van der Waals surface area contributed by atoms with Gasteiger partial charge >= 0.3 is 0 Å². The number of amides is 1. The van der Waals surface area contributed by atoms with Gasteiger partial charge in [0, 0.05) is 38.8 Å².